The third-order valence-corrected chi connectivity index (χ3v) is 8.05. The average Bonchev–Trinajstić information content (AvgIpc) is 3.37. The summed E-state index contributed by atoms with van der Waals surface area (Å²) >= 11 is 14.2. The first-order valence-electron chi connectivity index (χ1n) is 10.4. The van der Waals surface area contributed by atoms with Crippen LogP contribution in [-0.4, -0.2) is 36.1 Å². The van der Waals surface area contributed by atoms with Crippen molar-refractivity contribution in [1.29, 1.82) is 0 Å². The van der Waals surface area contributed by atoms with Crippen LogP contribution >= 0.6 is 35.0 Å². The van der Waals surface area contributed by atoms with Crippen molar-refractivity contribution in [2.45, 2.75) is 11.4 Å². The number of carbonyl (C=O) groups excluding carboxylic acids is 2. The Balaban J connectivity index is 1.58. The molecule has 0 aliphatic carbocycles. The number of thioether (sulfide) groups is 1. The van der Waals surface area contributed by atoms with Gasteiger partial charge in [0, 0.05) is 33.5 Å². The lowest BCUT2D eigenvalue weighted by Crippen LogP contribution is -2.50. The van der Waals surface area contributed by atoms with Crippen LogP contribution in [0.1, 0.15) is 21.5 Å². The third kappa shape index (κ3) is 3.57. The molecule has 5 nitrogen and oxygen atoms in total. The predicted octanol–water partition coefficient (Wildman–Crippen LogP) is 5.59. The highest BCUT2D eigenvalue weighted by Crippen LogP contribution is 2.55. The van der Waals surface area contributed by atoms with Gasteiger partial charge in [-0.15, -0.1) is 11.8 Å². The fourth-order valence-corrected chi connectivity index (χ4v) is 6.25. The van der Waals surface area contributed by atoms with Gasteiger partial charge in [-0.1, -0.05) is 41.4 Å². The molecule has 8 heteroatoms. The number of benzene rings is 3. The minimum atomic E-state index is -1.17. The topological polar surface area (TPSA) is 49.9 Å². The maximum Gasteiger partial charge on any atom is 0.268 e. The van der Waals surface area contributed by atoms with Crippen molar-refractivity contribution in [2.24, 2.45) is 0 Å². The summed E-state index contributed by atoms with van der Waals surface area (Å²) in [6.07, 6.45) is 0. The summed E-state index contributed by atoms with van der Waals surface area (Å²) < 4.78 is 5.21. The van der Waals surface area contributed by atoms with E-state index < -0.39 is 4.87 Å². The summed E-state index contributed by atoms with van der Waals surface area (Å²) in [7, 11) is 1.58. The van der Waals surface area contributed by atoms with E-state index in [9.17, 15) is 9.59 Å². The predicted molar refractivity (Wildman–Crippen MR) is 132 cm³/mol. The third-order valence-electron chi connectivity index (χ3n) is 6.02. The summed E-state index contributed by atoms with van der Waals surface area (Å²) in [5, 5.41) is 1.11. The zero-order valence-corrected chi connectivity index (χ0v) is 20.1. The molecule has 0 aromatic heterocycles. The van der Waals surface area contributed by atoms with E-state index in [0.717, 1.165) is 16.8 Å². The van der Waals surface area contributed by atoms with Gasteiger partial charge >= 0.3 is 0 Å². The van der Waals surface area contributed by atoms with Gasteiger partial charge in [-0.05, 0) is 54.1 Å². The van der Waals surface area contributed by atoms with E-state index in [1.165, 1.54) is 11.8 Å². The Bertz CT molecular complexity index is 1250. The molecule has 1 saturated heterocycles. The number of anilines is 1. The van der Waals surface area contributed by atoms with E-state index >= 15 is 0 Å². The summed E-state index contributed by atoms with van der Waals surface area (Å²) in [5.41, 5.74) is 2.81. The zero-order chi connectivity index (χ0) is 23.2. The van der Waals surface area contributed by atoms with Gasteiger partial charge in [-0.3, -0.25) is 9.59 Å². The second-order valence-electron chi connectivity index (χ2n) is 7.82. The Labute approximate surface area is 206 Å². The smallest absolute Gasteiger partial charge is 0.268 e. The molecule has 1 unspecified atom stereocenters. The van der Waals surface area contributed by atoms with Crippen molar-refractivity contribution in [3.05, 3.63) is 93.5 Å². The number of hydrogen-bond donors (Lipinski definition) is 0. The van der Waals surface area contributed by atoms with E-state index in [-0.39, 0.29) is 11.8 Å². The Morgan fingerprint density at radius 3 is 2.58 bits per heavy atom. The minimum Gasteiger partial charge on any atom is -0.497 e. The van der Waals surface area contributed by atoms with Crippen LogP contribution in [0.4, 0.5) is 5.69 Å². The van der Waals surface area contributed by atoms with Gasteiger partial charge < -0.3 is 14.5 Å². The lowest BCUT2D eigenvalue weighted by atomic mass is 10.0. The number of hydrogen-bond acceptors (Lipinski definition) is 4. The first-order valence-corrected chi connectivity index (χ1v) is 12.2. The highest BCUT2D eigenvalue weighted by molar-refractivity contribution is 8.01. The summed E-state index contributed by atoms with van der Waals surface area (Å²) in [4.78, 5) is 29.9. The van der Waals surface area contributed by atoms with Gasteiger partial charge in [-0.25, -0.2) is 0 Å². The molecule has 0 N–H and O–H groups in total. The molecule has 1 atom stereocenters. The molecule has 3 aromatic carbocycles. The second-order valence-corrected chi connectivity index (χ2v) is 9.95. The van der Waals surface area contributed by atoms with Crippen LogP contribution in [0.25, 0.3) is 0 Å². The van der Waals surface area contributed by atoms with Crippen molar-refractivity contribution in [1.82, 2.24) is 4.90 Å². The van der Waals surface area contributed by atoms with Crippen molar-refractivity contribution in [3.63, 3.8) is 0 Å². The highest BCUT2D eigenvalue weighted by atomic mass is 35.5. The van der Waals surface area contributed by atoms with E-state index in [1.54, 1.807) is 59.4 Å². The zero-order valence-electron chi connectivity index (χ0n) is 17.8. The molecule has 3 aromatic rings. The number of halogens is 2. The Hall–Kier alpha value is -2.67. The molecule has 0 radical (unpaired) electrons. The van der Waals surface area contributed by atoms with Crippen LogP contribution in [0.15, 0.2) is 66.7 Å². The second kappa shape index (κ2) is 8.60. The normalized spacial score (nSPS) is 19.3. The summed E-state index contributed by atoms with van der Waals surface area (Å²) in [6, 6.07) is 19.8. The van der Waals surface area contributed by atoms with Gasteiger partial charge in [0.15, 0.2) is 4.87 Å². The molecule has 2 aliphatic heterocycles. The molecule has 2 aliphatic rings. The lowest BCUT2D eigenvalue weighted by molar-refractivity contribution is -0.123. The highest BCUT2D eigenvalue weighted by Gasteiger charge is 2.59. The molecule has 2 amide bonds. The van der Waals surface area contributed by atoms with E-state index in [4.69, 9.17) is 27.9 Å². The Kier molecular flexibility index (Phi) is 5.77. The van der Waals surface area contributed by atoms with Crippen molar-refractivity contribution >= 4 is 52.5 Å². The van der Waals surface area contributed by atoms with Crippen molar-refractivity contribution in [3.8, 4) is 5.75 Å². The van der Waals surface area contributed by atoms with Crippen LogP contribution in [0, 0.1) is 0 Å². The summed E-state index contributed by atoms with van der Waals surface area (Å²) in [5.74, 6) is 0.933. The van der Waals surface area contributed by atoms with E-state index in [1.807, 2.05) is 24.3 Å². The number of fused-ring (bicyclic) bond motifs is 2. The number of methoxy groups -OCH3 is 1. The monoisotopic (exact) mass is 498 g/mol. The van der Waals surface area contributed by atoms with Crippen LogP contribution < -0.4 is 9.64 Å². The molecular weight excluding hydrogens is 479 g/mol. The standard InChI is InChI=1S/C25H20Cl2N2O3S/c1-32-19-9-6-16(7-10-19)23(30)29-12-13-33-25(29)20-14-18(26)8-11-22(20)28(24(25)31)15-17-4-2-3-5-21(17)27/h2-11,14H,12-13,15H2,1H3. The van der Waals surface area contributed by atoms with Crippen LogP contribution in [0.3, 0.4) is 0 Å². The van der Waals surface area contributed by atoms with Crippen LogP contribution in [0.2, 0.25) is 10.0 Å². The first kappa shape index (κ1) is 22.1. The molecule has 168 valence electrons. The van der Waals surface area contributed by atoms with Gasteiger partial charge in [-0.2, -0.15) is 0 Å². The fraction of sp³-hybridized carbons (Fsp3) is 0.200. The quantitative estimate of drug-likeness (QED) is 0.470. The summed E-state index contributed by atoms with van der Waals surface area (Å²) in [6.45, 7) is 0.757. The maximum absolute atomic E-state index is 14.1. The van der Waals surface area contributed by atoms with E-state index in [2.05, 4.69) is 0 Å². The van der Waals surface area contributed by atoms with Crippen molar-refractivity contribution < 1.29 is 14.3 Å². The van der Waals surface area contributed by atoms with Gasteiger partial charge in [0.05, 0.1) is 19.3 Å². The first-order chi connectivity index (χ1) is 16.0. The lowest BCUT2D eigenvalue weighted by Gasteiger charge is -2.33. The number of carbonyl (C=O) groups is 2. The maximum atomic E-state index is 14.1. The molecule has 0 saturated carbocycles. The number of amides is 2. The minimum absolute atomic E-state index is 0.163. The fourth-order valence-electron chi connectivity index (χ4n) is 4.43. The number of ether oxygens (including phenoxy) is 1. The van der Waals surface area contributed by atoms with Gasteiger partial charge in [0.1, 0.15) is 5.75 Å². The number of rotatable bonds is 4. The molecule has 5 rings (SSSR count). The largest absolute Gasteiger partial charge is 0.497 e. The molecule has 33 heavy (non-hydrogen) atoms. The average molecular weight is 499 g/mol. The van der Waals surface area contributed by atoms with Crippen LogP contribution in [0.5, 0.6) is 5.75 Å². The SMILES string of the molecule is COc1ccc(C(=O)N2CCSC23C(=O)N(Cc2ccccc2Cl)c2ccc(Cl)cc23)cc1. The van der Waals surface area contributed by atoms with Crippen LogP contribution in [-0.2, 0) is 16.2 Å². The molecule has 0 bridgehead atoms. The van der Waals surface area contributed by atoms with E-state index in [0.29, 0.717) is 40.2 Å². The molecule has 2 heterocycles. The van der Waals surface area contributed by atoms with Crippen molar-refractivity contribution in [2.75, 3.05) is 24.3 Å². The Morgan fingerprint density at radius 1 is 1.09 bits per heavy atom. The van der Waals surface area contributed by atoms with Gasteiger partial charge in [0.25, 0.3) is 11.8 Å². The number of nitrogens with zero attached hydrogens (tertiary/aromatic N) is 2. The molecule has 1 spiro atoms. The van der Waals surface area contributed by atoms with Gasteiger partial charge in [0.2, 0.25) is 0 Å². The molecule has 1 fully saturated rings. The Morgan fingerprint density at radius 2 is 1.85 bits per heavy atom. The molecular formula is C25H20Cl2N2O3S.